The van der Waals surface area contributed by atoms with Crippen molar-refractivity contribution < 1.29 is 14.3 Å². The number of methoxy groups -OCH3 is 1. The quantitative estimate of drug-likeness (QED) is 0.819. The Balaban J connectivity index is 1.31. The molecule has 6 heteroatoms. The molecule has 2 fully saturated rings. The van der Waals surface area contributed by atoms with E-state index in [0.717, 1.165) is 43.4 Å². The van der Waals surface area contributed by atoms with Crippen LogP contribution in [0.4, 0.5) is 0 Å². The van der Waals surface area contributed by atoms with Crippen molar-refractivity contribution in [1.29, 1.82) is 0 Å². The molecule has 0 spiro atoms. The highest BCUT2D eigenvalue weighted by molar-refractivity contribution is 5.94. The van der Waals surface area contributed by atoms with Crippen molar-refractivity contribution in [1.82, 2.24) is 15.2 Å². The number of aryl methyl sites for hydroxylation is 1. The molecule has 0 saturated carbocycles. The van der Waals surface area contributed by atoms with Gasteiger partial charge in [-0.2, -0.15) is 0 Å². The van der Waals surface area contributed by atoms with Gasteiger partial charge in [0, 0.05) is 42.5 Å². The number of aromatic nitrogens is 1. The highest BCUT2D eigenvalue weighted by Crippen LogP contribution is 2.36. The van der Waals surface area contributed by atoms with Crippen LogP contribution in [0.3, 0.4) is 0 Å². The predicted molar refractivity (Wildman–Crippen MR) is 110 cm³/mol. The minimum Gasteiger partial charge on any atom is -0.497 e. The Morgan fingerprint density at radius 2 is 1.72 bits per heavy atom. The molecule has 3 heterocycles. The topological polar surface area (TPSA) is 71.5 Å². The van der Waals surface area contributed by atoms with Crippen LogP contribution in [0.25, 0.3) is 0 Å². The van der Waals surface area contributed by atoms with Crippen LogP contribution in [0.2, 0.25) is 0 Å². The minimum atomic E-state index is -0.0592. The van der Waals surface area contributed by atoms with E-state index in [-0.39, 0.29) is 29.9 Å². The van der Waals surface area contributed by atoms with E-state index in [1.807, 2.05) is 24.3 Å². The zero-order chi connectivity index (χ0) is 20.2. The number of nitrogens with zero attached hydrogens (tertiary/aromatic N) is 2. The van der Waals surface area contributed by atoms with E-state index in [2.05, 4.69) is 15.2 Å². The van der Waals surface area contributed by atoms with E-state index < -0.39 is 0 Å². The summed E-state index contributed by atoms with van der Waals surface area (Å²) in [7, 11) is 1.65. The van der Waals surface area contributed by atoms with Gasteiger partial charge in [0.2, 0.25) is 5.91 Å². The number of benzene rings is 1. The second-order valence-corrected chi connectivity index (χ2v) is 7.91. The molecule has 2 aromatic rings. The molecule has 2 atom stereocenters. The summed E-state index contributed by atoms with van der Waals surface area (Å²) in [5.41, 5.74) is 1.77. The molecule has 2 amide bonds. The van der Waals surface area contributed by atoms with Crippen LogP contribution in [-0.2, 0) is 11.2 Å². The summed E-state index contributed by atoms with van der Waals surface area (Å²) in [6, 6.07) is 11.9. The summed E-state index contributed by atoms with van der Waals surface area (Å²) in [4.78, 5) is 31.4. The van der Waals surface area contributed by atoms with Crippen molar-refractivity contribution in [3.05, 3.63) is 59.9 Å². The van der Waals surface area contributed by atoms with E-state index in [1.165, 1.54) is 0 Å². The largest absolute Gasteiger partial charge is 0.497 e. The summed E-state index contributed by atoms with van der Waals surface area (Å²) in [5.74, 6) is 0.998. The van der Waals surface area contributed by atoms with Gasteiger partial charge in [-0.05, 0) is 61.9 Å². The van der Waals surface area contributed by atoms with Gasteiger partial charge in [0.05, 0.1) is 7.11 Å². The van der Waals surface area contributed by atoms with Crippen LogP contribution in [0.15, 0.2) is 48.8 Å². The lowest BCUT2D eigenvalue weighted by molar-refractivity contribution is -0.135. The Kier molecular flexibility index (Phi) is 5.79. The number of carbonyl (C=O) groups is 2. The molecule has 1 aromatic heterocycles. The molecule has 6 nitrogen and oxygen atoms in total. The third-order valence-electron chi connectivity index (χ3n) is 6.09. The molecular formula is C23H27N3O3. The fourth-order valence-electron chi connectivity index (χ4n) is 4.65. The molecule has 2 unspecified atom stereocenters. The van der Waals surface area contributed by atoms with E-state index in [0.29, 0.717) is 12.0 Å². The average molecular weight is 393 g/mol. The Labute approximate surface area is 171 Å². The average Bonchev–Trinajstić information content (AvgIpc) is 3.03. The SMILES string of the molecule is COc1ccc(CCC(=O)N2C3CCC2CC(NC(=O)c2ccncc2)C3)cc1. The first kappa shape index (κ1) is 19.4. The van der Waals surface area contributed by atoms with Gasteiger partial charge in [0.15, 0.2) is 0 Å². The van der Waals surface area contributed by atoms with Crippen molar-refractivity contribution >= 4 is 11.8 Å². The minimum absolute atomic E-state index is 0.0592. The van der Waals surface area contributed by atoms with Crippen LogP contribution in [-0.4, -0.2) is 46.9 Å². The van der Waals surface area contributed by atoms with E-state index in [1.54, 1.807) is 31.6 Å². The maximum atomic E-state index is 12.9. The van der Waals surface area contributed by atoms with Gasteiger partial charge in [-0.25, -0.2) is 0 Å². The summed E-state index contributed by atoms with van der Waals surface area (Å²) in [6.45, 7) is 0. The van der Waals surface area contributed by atoms with Gasteiger partial charge in [-0.3, -0.25) is 14.6 Å². The number of hydrogen-bond donors (Lipinski definition) is 1. The number of fused-ring (bicyclic) bond motifs is 2. The number of rotatable bonds is 6. The van der Waals surface area contributed by atoms with Crippen molar-refractivity contribution in [3.63, 3.8) is 0 Å². The maximum Gasteiger partial charge on any atom is 0.251 e. The van der Waals surface area contributed by atoms with Crippen molar-refractivity contribution in [2.24, 2.45) is 0 Å². The normalized spacial score (nSPS) is 22.9. The molecule has 4 rings (SSSR count). The zero-order valence-electron chi connectivity index (χ0n) is 16.7. The first-order valence-corrected chi connectivity index (χ1v) is 10.3. The number of piperidine rings is 1. The van der Waals surface area contributed by atoms with Crippen molar-refractivity contribution in [2.45, 2.75) is 56.7 Å². The zero-order valence-corrected chi connectivity index (χ0v) is 16.7. The monoisotopic (exact) mass is 393 g/mol. The molecule has 1 N–H and O–H groups in total. The van der Waals surface area contributed by atoms with Gasteiger partial charge in [0.1, 0.15) is 5.75 Å². The fraction of sp³-hybridized carbons (Fsp3) is 0.435. The van der Waals surface area contributed by atoms with Crippen LogP contribution < -0.4 is 10.1 Å². The number of amides is 2. The highest BCUT2D eigenvalue weighted by atomic mass is 16.5. The predicted octanol–water partition coefficient (Wildman–Crippen LogP) is 2.97. The number of carbonyl (C=O) groups excluding carboxylic acids is 2. The lowest BCUT2D eigenvalue weighted by Crippen LogP contribution is -2.52. The summed E-state index contributed by atoms with van der Waals surface area (Å²) in [6.07, 6.45) is 8.24. The Bertz CT molecular complexity index is 839. The molecule has 29 heavy (non-hydrogen) atoms. The third-order valence-corrected chi connectivity index (χ3v) is 6.09. The maximum absolute atomic E-state index is 12.9. The van der Waals surface area contributed by atoms with Crippen LogP contribution in [0.1, 0.15) is 48.0 Å². The Hall–Kier alpha value is -2.89. The number of hydrogen-bond acceptors (Lipinski definition) is 4. The second kappa shape index (κ2) is 8.64. The van der Waals surface area contributed by atoms with Gasteiger partial charge < -0.3 is 15.0 Å². The van der Waals surface area contributed by atoms with Gasteiger partial charge in [-0.15, -0.1) is 0 Å². The first-order chi connectivity index (χ1) is 14.1. The Morgan fingerprint density at radius 3 is 2.34 bits per heavy atom. The van der Waals surface area contributed by atoms with Crippen LogP contribution >= 0.6 is 0 Å². The van der Waals surface area contributed by atoms with Crippen molar-refractivity contribution in [3.8, 4) is 5.75 Å². The molecule has 2 aliphatic heterocycles. The number of ether oxygens (including phenoxy) is 1. The summed E-state index contributed by atoms with van der Waals surface area (Å²) < 4.78 is 5.18. The number of nitrogens with one attached hydrogen (secondary N) is 1. The summed E-state index contributed by atoms with van der Waals surface area (Å²) in [5, 5.41) is 3.15. The van der Waals surface area contributed by atoms with E-state index >= 15 is 0 Å². The molecule has 1 aromatic carbocycles. The molecule has 2 saturated heterocycles. The molecule has 2 aliphatic rings. The summed E-state index contributed by atoms with van der Waals surface area (Å²) >= 11 is 0. The lowest BCUT2D eigenvalue weighted by atomic mass is 9.96. The van der Waals surface area contributed by atoms with Crippen LogP contribution in [0, 0.1) is 0 Å². The van der Waals surface area contributed by atoms with Gasteiger partial charge >= 0.3 is 0 Å². The van der Waals surface area contributed by atoms with Crippen LogP contribution in [0.5, 0.6) is 5.75 Å². The second-order valence-electron chi connectivity index (χ2n) is 7.91. The fourth-order valence-corrected chi connectivity index (χ4v) is 4.65. The molecule has 0 radical (unpaired) electrons. The molecular weight excluding hydrogens is 366 g/mol. The number of pyridine rings is 1. The Morgan fingerprint density at radius 1 is 1.07 bits per heavy atom. The molecule has 2 bridgehead atoms. The van der Waals surface area contributed by atoms with Gasteiger partial charge in [-0.1, -0.05) is 12.1 Å². The van der Waals surface area contributed by atoms with E-state index in [9.17, 15) is 9.59 Å². The molecule has 0 aliphatic carbocycles. The standard InChI is InChI=1S/C23H27N3O3/c1-29-21-7-2-16(3-8-21)4-9-22(27)26-19-5-6-20(26)15-18(14-19)25-23(28)17-10-12-24-13-11-17/h2-3,7-8,10-13,18-20H,4-6,9,14-15H2,1H3,(H,25,28). The third kappa shape index (κ3) is 4.42. The smallest absolute Gasteiger partial charge is 0.251 e. The van der Waals surface area contributed by atoms with Crippen molar-refractivity contribution in [2.75, 3.05) is 7.11 Å². The first-order valence-electron chi connectivity index (χ1n) is 10.3. The molecule has 152 valence electrons. The van der Waals surface area contributed by atoms with Gasteiger partial charge in [0.25, 0.3) is 5.91 Å². The highest BCUT2D eigenvalue weighted by Gasteiger charge is 2.43. The van der Waals surface area contributed by atoms with E-state index in [4.69, 9.17) is 4.74 Å². The lowest BCUT2D eigenvalue weighted by Gasteiger charge is -2.39.